The highest BCUT2D eigenvalue weighted by atomic mass is 32.2. The molecule has 0 saturated carbocycles. The van der Waals surface area contributed by atoms with E-state index in [-0.39, 0.29) is 17.2 Å². The average molecular weight is 390 g/mol. The van der Waals surface area contributed by atoms with Crippen LogP contribution in [0.2, 0.25) is 0 Å². The normalized spacial score (nSPS) is 13.2. The molecular formula is C21H27NO4S. The molecule has 1 atom stereocenters. The van der Waals surface area contributed by atoms with Crippen molar-refractivity contribution in [2.75, 3.05) is 7.11 Å². The first kappa shape index (κ1) is 21.1. The van der Waals surface area contributed by atoms with E-state index in [1.807, 2.05) is 31.2 Å². The predicted molar refractivity (Wildman–Crippen MR) is 107 cm³/mol. The van der Waals surface area contributed by atoms with Crippen LogP contribution >= 0.6 is 0 Å². The van der Waals surface area contributed by atoms with Crippen molar-refractivity contribution in [3.05, 3.63) is 70.8 Å². The molecule has 0 radical (unpaired) electrons. The zero-order valence-corrected chi connectivity index (χ0v) is 17.3. The molecule has 5 nitrogen and oxygen atoms in total. The number of sulfonamides is 1. The van der Waals surface area contributed by atoms with E-state index in [0.717, 1.165) is 5.56 Å². The maximum absolute atomic E-state index is 12.5. The van der Waals surface area contributed by atoms with E-state index in [4.69, 9.17) is 0 Å². The molecule has 6 heteroatoms. The number of ether oxygens (including phenoxy) is 1. The summed E-state index contributed by atoms with van der Waals surface area (Å²) in [6.45, 7) is 8.24. The Kier molecular flexibility index (Phi) is 6.44. The zero-order valence-electron chi connectivity index (χ0n) is 16.4. The summed E-state index contributed by atoms with van der Waals surface area (Å²) in [5.74, 6) is -0.603. The maximum Gasteiger partial charge on any atom is 0.337 e. The van der Waals surface area contributed by atoms with E-state index in [1.54, 1.807) is 24.3 Å². The molecule has 0 fully saturated rings. The molecule has 2 aromatic rings. The fourth-order valence-corrected chi connectivity index (χ4v) is 4.11. The van der Waals surface area contributed by atoms with Gasteiger partial charge in [-0.25, -0.2) is 17.9 Å². The maximum atomic E-state index is 12.5. The molecule has 0 heterocycles. The number of nitrogens with one attached hydrogen (secondary N) is 1. The van der Waals surface area contributed by atoms with Crippen molar-refractivity contribution in [1.82, 2.24) is 4.72 Å². The summed E-state index contributed by atoms with van der Waals surface area (Å²) in [6, 6.07) is 14.0. The van der Waals surface area contributed by atoms with Crippen LogP contribution in [0.15, 0.2) is 48.5 Å². The Labute approximate surface area is 161 Å². The number of hydrogen-bond acceptors (Lipinski definition) is 4. The smallest absolute Gasteiger partial charge is 0.337 e. The molecule has 2 rings (SSSR count). The highest BCUT2D eigenvalue weighted by molar-refractivity contribution is 7.88. The van der Waals surface area contributed by atoms with Crippen LogP contribution in [0.3, 0.4) is 0 Å². The number of hydrogen-bond donors (Lipinski definition) is 1. The Morgan fingerprint density at radius 1 is 1.04 bits per heavy atom. The van der Waals surface area contributed by atoms with Crippen LogP contribution in [0.1, 0.15) is 60.8 Å². The Morgan fingerprint density at radius 2 is 1.59 bits per heavy atom. The van der Waals surface area contributed by atoms with Gasteiger partial charge in [0.05, 0.1) is 18.4 Å². The topological polar surface area (TPSA) is 72.5 Å². The molecule has 146 valence electrons. The van der Waals surface area contributed by atoms with Crippen LogP contribution in [0, 0.1) is 0 Å². The minimum absolute atomic E-state index is 0.0532. The molecule has 0 saturated heterocycles. The zero-order chi connectivity index (χ0) is 20.2. The number of benzene rings is 2. The molecule has 27 heavy (non-hydrogen) atoms. The number of carbonyl (C=O) groups excluding carboxylic acids is 1. The summed E-state index contributed by atoms with van der Waals surface area (Å²) in [6.07, 6.45) is 0. The third-order valence-electron chi connectivity index (χ3n) is 4.36. The number of carbonyl (C=O) groups is 1. The minimum Gasteiger partial charge on any atom is -0.465 e. The van der Waals surface area contributed by atoms with Crippen molar-refractivity contribution in [3.8, 4) is 0 Å². The van der Waals surface area contributed by atoms with Crippen LogP contribution in [0.5, 0.6) is 0 Å². The first-order valence-electron chi connectivity index (χ1n) is 8.79. The lowest BCUT2D eigenvalue weighted by Crippen LogP contribution is -2.28. The van der Waals surface area contributed by atoms with E-state index < -0.39 is 16.0 Å². The predicted octanol–water partition coefficient (Wildman–Crippen LogP) is 3.95. The lowest BCUT2D eigenvalue weighted by Gasteiger charge is -2.20. The van der Waals surface area contributed by atoms with Gasteiger partial charge >= 0.3 is 5.97 Å². The van der Waals surface area contributed by atoms with Crippen molar-refractivity contribution in [2.24, 2.45) is 0 Å². The molecular weight excluding hydrogens is 362 g/mol. The van der Waals surface area contributed by atoms with Gasteiger partial charge in [0.15, 0.2) is 0 Å². The fourth-order valence-electron chi connectivity index (χ4n) is 2.73. The van der Waals surface area contributed by atoms with Crippen LogP contribution in [-0.4, -0.2) is 21.5 Å². The lowest BCUT2D eigenvalue weighted by atomic mass is 9.86. The first-order valence-corrected chi connectivity index (χ1v) is 10.4. The second-order valence-electron chi connectivity index (χ2n) is 7.66. The summed E-state index contributed by atoms with van der Waals surface area (Å²) < 4.78 is 32.3. The second-order valence-corrected chi connectivity index (χ2v) is 9.41. The van der Waals surface area contributed by atoms with Gasteiger partial charge in [0.25, 0.3) is 0 Å². The lowest BCUT2D eigenvalue weighted by molar-refractivity contribution is 0.0600. The first-order chi connectivity index (χ1) is 12.5. The van der Waals surface area contributed by atoms with Crippen molar-refractivity contribution >= 4 is 16.0 Å². The van der Waals surface area contributed by atoms with E-state index in [0.29, 0.717) is 11.1 Å². The van der Waals surface area contributed by atoms with E-state index >= 15 is 0 Å². The van der Waals surface area contributed by atoms with Crippen molar-refractivity contribution in [1.29, 1.82) is 0 Å². The molecule has 1 N–H and O–H groups in total. The molecule has 1 unspecified atom stereocenters. The minimum atomic E-state index is -3.53. The van der Waals surface area contributed by atoms with Crippen molar-refractivity contribution in [3.63, 3.8) is 0 Å². The summed E-state index contributed by atoms with van der Waals surface area (Å²) >= 11 is 0. The quantitative estimate of drug-likeness (QED) is 0.759. The summed E-state index contributed by atoms with van der Waals surface area (Å²) in [7, 11) is -2.22. The summed E-state index contributed by atoms with van der Waals surface area (Å²) in [4.78, 5) is 11.4. The molecule has 0 bridgehead atoms. The molecule has 0 aromatic heterocycles. The van der Waals surface area contributed by atoms with Crippen LogP contribution in [0.4, 0.5) is 0 Å². The monoisotopic (exact) mass is 389 g/mol. The SMILES string of the molecule is COC(=O)c1ccc(CS(=O)(=O)NC(C)c2ccc(C(C)(C)C)cc2)cc1. The van der Waals surface area contributed by atoms with Crippen molar-refractivity contribution < 1.29 is 17.9 Å². The molecule has 0 amide bonds. The molecule has 0 spiro atoms. The van der Waals surface area contributed by atoms with Gasteiger partial charge in [-0.1, -0.05) is 57.2 Å². The van der Waals surface area contributed by atoms with E-state index in [9.17, 15) is 13.2 Å². The van der Waals surface area contributed by atoms with Gasteiger partial charge in [0.2, 0.25) is 10.0 Å². The molecule has 0 aliphatic rings. The standard InChI is InChI=1S/C21H27NO4S/c1-15(17-10-12-19(13-11-17)21(2,3)4)22-27(24,25)14-16-6-8-18(9-7-16)20(23)26-5/h6-13,15,22H,14H2,1-5H3. The van der Waals surface area contributed by atoms with Gasteiger partial charge in [-0.3, -0.25) is 0 Å². The Hall–Kier alpha value is -2.18. The van der Waals surface area contributed by atoms with Gasteiger partial charge in [-0.05, 0) is 41.2 Å². The van der Waals surface area contributed by atoms with Crippen LogP contribution in [0.25, 0.3) is 0 Å². The molecule has 0 aliphatic carbocycles. The van der Waals surface area contributed by atoms with Gasteiger partial charge in [-0.15, -0.1) is 0 Å². The van der Waals surface area contributed by atoms with Crippen LogP contribution in [-0.2, 0) is 25.9 Å². The average Bonchev–Trinajstić information content (AvgIpc) is 2.60. The molecule has 0 aliphatic heterocycles. The summed E-state index contributed by atoms with van der Waals surface area (Å²) in [5, 5.41) is 0. The second kappa shape index (κ2) is 8.23. The number of rotatable bonds is 6. The van der Waals surface area contributed by atoms with Gasteiger partial charge in [0, 0.05) is 6.04 Å². The highest BCUT2D eigenvalue weighted by Gasteiger charge is 2.18. The fraction of sp³-hybridized carbons (Fsp3) is 0.381. The Bertz CT molecular complexity index is 879. The Morgan fingerprint density at radius 3 is 2.07 bits per heavy atom. The Balaban J connectivity index is 2.05. The molecule has 2 aromatic carbocycles. The van der Waals surface area contributed by atoms with Gasteiger partial charge in [0.1, 0.15) is 0 Å². The third kappa shape index (κ3) is 5.91. The third-order valence-corrected chi connectivity index (χ3v) is 5.79. The largest absolute Gasteiger partial charge is 0.465 e. The number of methoxy groups -OCH3 is 1. The van der Waals surface area contributed by atoms with Crippen molar-refractivity contribution in [2.45, 2.75) is 44.9 Å². The number of esters is 1. The van der Waals surface area contributed by atoms with Gasteiger partial charge < -0.3 is 4.74 Å². The van der Waals surface area contributed by atoms with Gasteiger partial charge in [-0.2, -0.15) is 0 Å². The summed E-state index contributed by atoms with van der Waals surface area (Å²) in [5.41, 5.74) is 3.15. The van der Waals surface area contributed by atoms with E-state index in [2.05, 4.69) is 30.2 Å². The van der Waals surface area contributed by atoms with E-state index in [1.165, 1.54) is 12.7 Å². The van der Waals surface area contributed by atoms with Crippen LogP contribution < -0.4 is 4.72 Å². The highest BCUT2D eigenvalue weighted by Crippen LogP contribution is 2.24.